The molecule has 28 heavy (non-hydrogen) atoms. The van der Waals surface area contributed by atoms with Gasteiger partial charge in [0.2, 0.25) is 15.7 Å². The van der Waals surface area contributed by atoms with Gasteiger partial charge in [0.25, 0.3) is 0 Å². The number of halogens is 2. The molecule has 0 aliphatic carbocycles. The Morgan fingerprint density at radius 3 is 2.82 bits per heavy atom. The minimum Gasteiger partial charge on any atom is -0.383 e. The molecule has 1 unspecified atom stereocenters. The zero-order valence-electron chi connectivity index (χ0n) is 14.7. The van der Waals surface area contributed by atoms with E-state index < -0.39 is 39.0 Å². The molecule has 10 heteroatoms. The van der Waals surface area contributed by atoms with Gasteiger partial charge in [-0.3, -0.25) is 9.71 Å². The Morgan fingerprint density at radius 1 is 1.39 bits per heavy atom. The zero-order valence-corrected chi connectivity index (χ0v) is 15.5. The number of aliphatic hydroxyl groups is 1. The number of aliphatic hydroxyl groups excluding tert-OH is 1. The van der Waals surface area contributed by atoms with Crippen LogP contribution in [0.25, 0.3) is 15.9 Å². The summed E-state index contributed by atoms with van der Waals surface area (Å²) < 4.78 is 55.1. The van der Waals surface area contributed by atoms with Crippen LogP contribution in [0.15, 0.2) is 30.6 Å². The van der Waals surface area contributed by atoms with Crippen LogP contribution in [0.4, 0.5) is 20.2 Å². The van der Waals surface area contributed by atoms with Crippen LogP contribution in [0.5, 0.6) is 0 Å². The van der Waals surface area contributed by atoms with Crippen molar-refractivity contribution in [2.75, 3.05) is 10.5 Å². The molecule has 0 fully saturated rings. The summed E-state index contributed by atoms with van der Waals surface area (Å²) in [7, 11) is -3.80. The van der Waals surface area contributed by atoms with Gasteiger partial charge in [0.1, 0.15) is 17.6 Å². The third-order valence-corrected chi connectivity index (χ3v) is 5.59. The van der Waals surface area contributed by atoms with Gasteiger partial charge in [-0.2, -0.15) is 0 Å². The molecule has 146 valence electrons. The van der Waals surface area contributed by atoms with Gasteiger partial charge in [-0.15, -0.1) is 0 Å². The molecule has 0 aliphatic heterocycles. The monoisotopic (exact) mass is 406 g/mol. The number of hydrogen-bond acceptors (Lipinski definition) is 4. The van der Waals surface area contributed by atoms with Crippen LogP contribution in [-0.2, 0) is 10.0 Å². The lowest BCUT2D eigenvalue weighted by atomic mass is 10.00. The summed E-state index contributed by atoms with van der Waals surface area (Å²) in [5, 5.41) is 11.0. The molecule has 0 saturated carbocycles. The normalized spacial score (nSPS) is 12.7. The maximum absolute atomic E-state index is 14.9. The average molecular weight is 406 g/mol. The van der Waals surface area contributed by atoms with Crippen LogP contribution >= 0.6 is 0 Å². The number of hydrogen-bond donors (Lipinski definition) is 3. The third-order valence-electron chi connectivity index (χ3n) is 4.11. The molecule has 2 aromatic heterocycles. The van der Waals surface area contributed by atoms with Crippen LogP contribution in [0.1, 0.15) is 30.6 Å². The number of fused-ring (bicyclic) bond motifs is 1. The first-order valence-corrected chi connectivity index (χ1v) is 9.93. The van der Waals surface area contributed by atoms with Gasteiger partial charge in [-0.1, -0.05) is 6.92 Å². The van der Waals surface area contributed by atoms with E-state index in [0.717, 1.165) is 12.1 Å². The van der Waals surface area contributed by atoms with Crippen LogP contribution in [0, 0.1) is 18.2 Å². The summed E-state index contributed by atoms with van der Waals surface area (Å²) in [6, 6.07) is 3.28. The smallest absolute Gasteiger partial charge is 0.232 e. The first kappa shape index (κ1) is 19.7. The van der Waals surface area contributed by atoms with Gasteiger partial charge < -0.3 is 10.1 Å². The standard InChI is InChI=1S/C18H16F2N4O3S/c1-3-6-28(26,27)24-14-5-4-13(19)15(16(14)20)17(25)12-9-23-18-11(12)7-10(21-2)8-22-18/h4-5,7-9,17,24-25H,3,6H2,1H3,(H,22,23). The highest BCUT2D eigenvalue weighted by molar-refractivity contribution is 7.92. The minimum atomic E-state index is -3.80. The SMILES string of the molecule is [C-]#[N+]c1cnc2[nH]cc(C(O)c3c(F)ccc(NS(=O)(=O)CCC)c3F)c2c1. The number of sulfonamides is 1. The fourth-order valence-corrected chi connectivity index (χ4v) is 3.97. The number of anilines is 1. The largest absolute Gasteiger partial charge is 0.383 e. The van der Waals surface area contributed by atoms with E-state index in [1.807, 2.05) is 0 Å². The lowest BCUT2D eigenvalue weighted by Crippen LogP contribution is -2.18. The van der Waals surface area contributed by atoms with Gasteiger partial charge in [-0.25, -0.2) is 22.0 Å². The van der Waals surface area contributed by atoms with E-state index in [1.54, 1.807) is 6.92 Å². The van der Waals surface area contributed by atoms with E-state index in [2.05, 4.69) is 19.5 Å². The number of pyridine rings is 1. The number of H-pyrrole nitrogens is 1. The zero-order chi connectivity index (χ0) is 20.5. The number of aromatic nitrogens is 2. The number of aromatic amines is 1. The van der Waals surface area contributed by atoms with Crippen molar-refractivity contribution in [3.63, 3.8) is 0 Å². The molecule has 0 saturated heterocycles. The van der Waals surface area contributed by atoms with Crippen LogP contribution in [0.3, 0.4) is 0 Å². The fraction of sp³-hybridized carbons (Fsp3) is 0.222. The van der Waals surface area contributed by atoms with Crippen molar-refractivity contribution in [3.05, 3.63) is 64.8 Å². The second kappa shape index (κ2) is 7.53. The van der Waals surface area contributed by atoms with Crippen molar-refractivity contribution in [1.29, 1.82) is 0 Å². The number of rotatable bonds is 6. The summed E-state index contributed by atoms with van der Waals surface area (Å²) in [6.45, 7) is 8.71. The van der Waals surface area contributed by atoms with E-state index in [4.69, 9.17) is 6.57 Å². The van der Waals surface area contributed by atoms with Crippen molar-refractivity contribution in [1.82, 2.24) is 9.97 Å². The van der Waals surface area contributed by atoms with Crippen LogP contribution in [0.2, 0.25) is 0 Å². The molecular weight excluding hydrogens is 390 g/mol. The summed E-state index contributed by atoms with van der Waals surface area (Å²) in [5.41, 5.74) is -0.515. The molecule has 0 spiro atoms. The number of nitrogens with one attached hydrogen (secondary N) is 2. The minimum absolute atomic E-state index is 0.111. The predicted molar refractivity (Wildman–Crippen MR) is 100 cm³/mol. The fourth-order valence-electron chi connectivity index (χ4n) is 2.84. The summed E-state index contributed by atoms with van der Waals surface area (Å²) in [5.74, 6) is -2.47. The molecule has 7 nitrogen and oxygen atoms in total. The molecule has 2 heterocycles. The van der Waals surface area contributed by atoms with Crippen molar-refractivity contribution in [2.45, 2.75) is 19.4 Å². The van der Waals surface area contributed by atoms with E-state index >= 15 is 0 Å². The first-order chi connectivity index (χ1) is 13.3. The van der Waals surface area contributed by atoms with E-state index in [1.165, 1.54) is 18.5 Å². The summed E-state index contributed by atoms with van der Waals surface area (Å²) >= 11 is 0. The first-order valence-electron chi connectivity index (χ1n) is 8.28. The Morgan fingerprint density at radius 2 is 2.14 bits per heavy atom. The van der Waals surface area contributed by atoms with Crippen molar-refractivity contribution >= 4 is 32.4 Å². The molecule has 3 N–H and O–H groups in total. The molecular formula is C18H16F2N4O3S. The highest BCUT2D eigenvalue weighted by atomic mass is 32.2. The average Bonchev–Trinajstić information content (AvgIpc) is 3.07. The molecule has 3 aromatic rings. The summed E-state index contributed by atoms with van der Waals surface area (Å²) in [4.78, 5) is 10.0. The highest BCUT2D eigenvalue weighted by Crippen LogP contribution is 2.35. The Bertz CT molecular complexity index is 1190. The molecule has 1 atom stereocenters. The van der Waals surface area contributed by atoms with Gasteiger partial charge >= 0.3 is 0 Å². The molecule has 3 rings (SSSR count). The maximum Gasteiger partial charge on any atom is 0.232 e. The topological polar surface area (TPSA) is 99.4 Å². The van der Waals surface area contributed by atoms with Gasteiger partial charge in [0.05, 0.1) is 23.6 Å². The number of benzene rings is 1. The second-order valence-corrected chi connectivity index (χ2v) is 7.93. The lowest BCUT2D eigenvalue weighted by molar-refractivity contribution is 0.211. The van der Waals surface area contributed by atoms with E-state index in [0.29, 0.717) is 17.5 Å². The van der Waals surface area contributed by atoms with Crippen LogP contribution in [-0.4, -0.2) is 29.2 Å². The van der Waals surface area contributed by atoms with Gasteiger partial charge in [-0.05, 0) is 24.6 Å². The van der Waals surface area contributed by atoms with Crippen LogP contribution < -0.4 is 4.72 Å². The Hall–Kier alpha value is -3.03. The Labute approximate surface area is 159 Å². The maximum atomic E-state index is 14.9. The van der Waals surface area contributed by atoms with E-state index in [-0.39, 0.29) is 17.0 Å². The second-order valence-electron chi connectivity index (χ2n) is 6.09. The number of nitrogens with zero attached hydrogens (tertiary/aromatic N) is 2. The third kappa shape index (κ3) is 3.67. The van der Waals surface area contributed by atoms with Gasteiger partial charge in [0, 0.05) is 23.3 Å². The molecule has 0 bridgehead atoms. The molecule has 0 aliphatic rings. The molecule has 1 aromatic carbocycles. The van der Waals surface area contributed by atoms with Gasteiger partial charge in [0.15, 0.2) is 5.82 Å². The predicted octanol–water partition coefficient (Wildman–Crippen LogP) is 3.63. The quantitative estimate of drug-likeness (QED) is 0.545. The van der Waals surface area contributed by atoms with E-state index in [9.17, 15) is 22.3 Å². The summed E-state index contributed by atoms with van der Waals surface area (Å²) in [6.07, 6.45) is 1.24. The van der Waals surface area contributed by atoms with Crippen molar-refractivity contribution in [3.8, 4) is 0 Å². The van der Waals surface area contributed by atoms with Crippen molar-refractivity contribution in [2.24, 2.45) is 0 Å². The van der Waals surface area contributed by atoms with Crippen molar-refractivity contribution < 1.29 is 22.3 Å². The lowest BCUT2D eigenvalue weighted by Gasteiger charge is -2.16. The Balaban J connectivity index is 2.09. The molecule has 0 radical (unpaired) electrons. The Kier molecular flexibility index (Phi) is 5.31. The molecule has 0 amide bonds. The highest BCUT2D eigenvalue weighted by Gasteiger charge is 2.26.